The van der Waals surface area contributed by atoms with Crippen LogP contribution in [0, 0.1) is 0 Å². The maximum atomic E-state index is 9.56. The van der Waals surface area contributed by atoms with Crippen LogP contribution in [0.4, 0.5) is 0 Å². The van der Waals surface area contributed by atoms with Gasteiger partial charge < -0.3 is 19.3 Å². The molecular formula is C17H18O4. The second-order valence-electron chi connectivity index (χ2n) is 5.11. The van der Waals surface area contributed by atoms with Gasteiger partial charge in [0.2, 0.25) is 0 Å². The maximum absolute atomic E-state index is 9.56. The highest BCUT2D eigenvalue weighted by Gasteiger charge is 2.24. The molecule has 0 fully saturated rings. The number of fused-ring (bicyclic) bond motifs is 1. The molecule has 2 aromatic carbocycles. The quantitative estimate of drug-likeness (QED) is 0.941. The van der Waals surface area contributed by atoms with Crippen molar-refractivity contribution < 1.29 is 19.3 Å². The van der Waals surface area contributed by atoms with Gasteiger partial charge in [0, 0.05) is 23.6 Å². The van der Waals surface area contributed by atoms with Gasteiger partial charge in [-0.2, -0.15) is 0 Å². The van der Waals surface area contributed by atoms with E-state index in [4.69, 9.17) is 14.2 Å². The van der Waals surface area contributed by atoms with Crippen LogP contribution in [-0.4, -0.2) is 25.9 Å². The second-order valence-corrected chi connectivity index (χ2v) is 5.11. The van der Waals surface area contributed by atoms with E-state index in [0.717, 1.165) is 29.0 Å². The zero-order valence-corrected chi connectivity index (χ0v) is 12.1. The van der Waals surface area contributed by atoms with Crippen LogP contribution in [0.1, 0.15) is 17.0 Å². The Bertz CT molecular complexity index is 651. The first-order valence-corrected chi connectivity index (χ1v) is 6.88. The van der Waals surface area contributed by atoms with Crippen LogP contribution in [0.2, 0.25) is 0 Å². The molecule has 0 saturated carbocycles. The number of rotatable bonds is 3. The zero-order valence-electron chi connectivity index (χ0n) is 12.1. The van der Waals surface area contributed by atoms with Gasteiger partial charge in [0.25, 0.3) is 0 Å². The van der Waals surface area contributed by atoms with Crippen molar-refractivity contribution in [3.8, 4) is 23.0 Å². The summed E-state index contributed by atoms with van der Waals surface area (Å²) < 4.78 is 16.4. The standard InChI is InChI=1S/C17H18O4/c1-19-14-5-3-11-7-12(10-21-16(11)9-14)15-6-4-13(18)8-17(15)20-2/h3-6,8-9,12,18H,7,10H2,1-2H3. The smallest absolute Gasteiger partial charge is 0.126 e. The minimum Gasteiger partial charge on any atom is -0.508 e. The molecule has 0 spiro atoms. The molecule has 3 rings (SSSR count). The molecule has 1 unspecified atom stereocenters. The monoisotopic (exact) mass is 286 g/mol. The van der Waals surface area contributed by atoms with Gasteiger partial charge >= 0.3 is 0 Å². The number of methoxy groups -OCH3 is 2. The molecule has 0 amide bonds. The van der Waals surface area contributed by atoms with E-state index >= 15 is 0 Å². The molecule has 1 N–H and O–H groups in total. The third kappa shape index (κ3) is 2.61. The Hall–Kier alpha value is -2.36. The molecule has 1 heterocycles. The molecule has 1 aliphatic rings. The molecule has 0 aliphatic carbocycles. The lowest BCUT2D eigenvalue weighted by Gasteiger charge is -2.27. The van der Waals surface area contributed by atoms with Gasteiger partial charge in [0.05, 0.1) is 20.8 Å². The van der Waals surface area contributed by atoms with E-state index in [1.807, 2.05) is 24.3 Å². The highest BCUT2D eigenvalue weighted by Crippen LogP contribution is 2.38. The third-order valence-electron chi connectivity index (χ3n) is 3.84. The lowest BCUT2D eigenvalue weighted by molar-refractivity contribution is 0.257. The molecule has 4 nitrogen and oxygen atoms in total. The summed E-state index contributed by atoms with van der Waals surface area (Å²) in [6.45, 7) is 0.585. The summed E-state index contributed by atoms with van der Waals surface area (Å²) in [4.78, 5) is 0. The van der Waals surface area contributed by atoms with E-state index in [0.29, 0.717) is 12.4 Å². The average Bonchev–Trinajstić information content (AvgIpc) is 2.53. The lowest BCUT2D eigenvalue weighted by Crippen LogP contribution is -2.19. The normalized spacial score (nSPS) is 16.8. The van der Waals surface area contributed by atoms with Crippen LogP contribution in [0.3, 0.4) is 0 Å². The first kappa shape index (κ1) is 13.6. The van der Waals surface area contributed by atoms with Crippen LogP contribution in [0.5, 0.6) is 23.0 Å². The van der Waals surface area contributed by atoms with E-state index in [-0.39, 0.29) is 11.7 Å². The molecular weight excluding hydrogens is 268 g/mol. The van der Waals surface area contributed by atoms with Crippen molar-refractivity contribution in [2.24, 2.45) is 0 Å². The second kappa shape index (κ2) is 5.56. The number of aromatic hydroxyl groups is 1. The minimum atomic E-state index is 0.206. The SMILES string of the molecule is COc1ccc2c(c1)OCC(c1ccc(O)cc1OC)C2. The summed E-state index contributed by atoms with van der Waals surface area (Å²) in [5.74, 6) is 2.79. The van der Waals surface area contributed by atoms with Gasteiger partial charge in [-0.05, 0) is 24.1 Å². The number of hydrogen-bond donors (Lipinski definition) is 1. The number of phenolic OH excluding ortho intramolecular Hbond substituents is 1. The number of ether oxygens (including phenoxy) is 3. The van der Waals surface area contributed by atoms with Crippen LogP contribution in [0.15, 0.2) is 36.4 Å². The molecule has 0 radical (unpaired) electrons. The summed E-state index contributed by atoms with van der Waals surface area (Å²) in [5.41, 5.74) is 2.21. The van der Waals surface area contributed by atoms with E-state index in [2.05, 4.69) is 0 Å². The number of benzene rings is 2. The summed E-state index contributed by atoms with van der Waals surface area (Å²) in [7, 11) is 3.26. The highest BCUT2D eigenvalue weighted by molar-refractivity contribution is 5.47. The minimum absolute atomic E-state index is 0.206. The Morgan fingerprint density at radius 1 is 1.10 bits per heavy atom. The van der Waals surface area contributed by atoms with Gasteiger partial charge in [0.1, 0.15) is 23.0 Å². The topological polar surface area (TPSA) is 47.9 Å². The Morgan fingerprint density at radius 2 is 1.95 bits per heavy atom. The number of hydrogen-bond acceptors (Lipinski definition) is 4. The fourth-order valence-electron chi connectivity index (χ4n) is 2.72. The molecule has 110 valence electrons. The summed E-state index contributed by atoms with van der Waals surface area (Å²) in [5, 5.41) is 9.56. The molecule has 1 aliphatic heterocycles. The summed E-state index contributed by atoms with van der Waals surface area (Å²) in [6.07, 6.45) is 0.875. The van der Waals surface area contributed by atoms with Gasteiger partial charge in [-0.3, -0.25) is 0 Å². The molecule has 4 heteroatoms. The largest absolute Gasteiger partial charge is 0.508 e. The van der Waals surface area contributed by atoms with Gasteiger partial charge in [-0.25, -0.2) is 0 Å². The maximum Gasteiger partial charge on any atom is 0.126 e. The van der Waals surface area contributed by atoms with Crippen molar-refractivity contribution in [2.75, 3.05) is 20.8 Å². The molecule has 1 atom stereocenters. The first-order chi connectivity index (χ1) is 10.2. The molecule has 21 heavy (non-hydrogen) atoms. The van der Waals surface area contributed by atoms with Crippen molar-refractivity contribution in [3.63, 3.8) is 0 Å². The van der Waals surface area contributed by atoms with Crippen molar-refractivity contribution in [3.05, 3.63) is 47.5 Å². The Balaban J connectivity index is 1.89. The van der Waals surface area contributed by atoms with Gasteiger partial charge in [0.15, 0.2) is 0 Å². The molecule has 0 saturated heterocycles. The molecule has 0 bridgehead atoms. The summed E-state index contributed by atoms with van der Waals surface area (Å²) in [6, 6.07) is 11.1. The predicted octanol–water partition coefficient (Wildman–Crippen LogP) is 3.13. The van der Waals surface area contributed by atoms with E-state index < -0.39 is 0 Å². The van der Waals surface area contributed by atoms with Crippen molar-refractivity contribution in [1.82, 2.24) is 0 Å². The Labute approximate surface area is 123 Å². The first-order valence-electron chi connectivity index (χ1n) is 6.88. The third-order valence-corrected chi connectivity index (χ3v) is 3.84. The van der Waals surface area contributed by atoms with Crippen LogP contribution in [-0.2, 0) is 6.42 Å². The van der Waals surface area contributed by atoms with Crippen LogP contribution >= 0.6 is 0 Å². The number of phenols is 1. The Kier molecular flexibility index (Phi) is 3.60. The van der Waals surface area contributed by atoms with E-state index in [1.165, 1.54) is 0 Å². The van der Waals surface area contributed by atoms with Crippen molar-refractivity contribution >= 4 is 0 Å². The van der Waals surface area contributed by atoms with E-state index in [9.17, 15) is 5.11 Å². The zero-order chi connectivity index (χ0) is 14.8. The molecule has 2 aromatic rings. The summed E-state index contributed by atoms with van der Waals surface area (Å²) >= 11 is 0. The molecule has 0 aromatic heterocycles. The van der Waals surface area contributed by atoms with Crippen LogP contribution < -0.4 is 14.2 Å². The lowest BCUT2D eigenvalue weighted by atomic mass is 9.89. The predicted molar refractivity (Wildman–Crippen MR) is 79.6 cm³/mol. The Morgan fingerprint density at radius 3 is 2.71 bits per heavy atom. The fourth-order valence-corrected chi connectivity index (χ4v) is 2.72. The van der Waals surface area contributed by atoms with Crippen molar-refractivity contribution in [1.29, 1.82) is 0 Å². The van der Waals surface area contributed by atoms with Crippen molar-refractivity contribution in [2.45, 2.75) is 12.3 Å². The fraction of sp³-hybridized carbons (Fsp3) is 0.294. The average molecular weight is 286 g/mol. The van der Waals surface area contributed by atoms with E-state index in [1.54, 1.807) is 26.4 Å². The van der Waals surface area contributed by atoms with Gasteiger partial charge in [-0.15, -0.1) is 0 Å². The highest BCUT2D eigenvalue weighted by atomic mass is 16.5. The van der Waals surface area contributed by atoms with Gasteiger partial charge in [-0.1, -0.05) is 12.1 Å². The van der Waals surface area contributed by atoms with Crippen LogP contribution in [0.25, 0.3) is 0 Å².